The summed E-state index contributed by atoms with van der Waals surface area (Å²) in [5.41, 5.74) is 0.0346. The quantitative estimate of drug-likeness (QED) is 0.346. The number of hydrogen-bond donors (Lipinski definition) is 0. The smallest absolute Gasteiger partial charge is 0.339 e. The maximum absolute atomic E-state index is 12.5. The van der Waals surface area contributed by atoms with Crippen molar-refractivity contribution in [3.63, 3.8) is 0 Å². The van der Waals surface area contributed by atoms with Crippen LogP contribution in [0.3, 0.4) is 0 Å². The van der Waals surface area contributed by atoms with Crippen molar-refractivity contribution in [3.05, 3.63) is 65.5 Å². The first-order valence-corrected chi connectivity index (χ1v) is 9.77. The van der Waals surface area contributed by atoms with Gasteiger partial charge in [0.25, 0.3) is 0 Å². The van der Waals surface area contributed by atoms with Crippen molar-refractivity contribution >= 4 is 26.5 Å². The van der Waals surface area contributed by atoms with E-state index < -0.39 is 5.60 Å². The van der Waals surface area contributed by atoms with Gasteiger partial charge in [0.1, 0.15) is 5.38 Å². The topological polar surface area (TPSA) is 26.3 Å². The molecule has 1 saturated carbocycles. The Morgan fingerprint density at radius 2 is 1.84 bits per heavy atom. The van der Waals surface area contributed by atoms with Crippen LogP contribution in [0.25, 0.3) is 15.0 Å². The number of ether oxygens (including phenoxy) is 1. The van der Waals surface area contributed by atoms with Crippen molar-refractivity contribution < 1.29 is 9.53 Å². The summed E-state index contributed by atoms with van der Waals surface area (Å²) in [5, 5.41) is 3.51. The Labute approximate surface area is 150 Å². The number of carbonyl (C=O) groups excluding carboxylic acids is 1. The van der Waals surface area contributed by atoms with Gasteiger partial charge in [0.2, 0.25) is 0 Å². The predicted molar refractivity (Wildman–Crippen MR) is 103 cm³/mol. The molecule has 0 amide bonds. The van der Waals surface area contributed by atoms with Gasteiger partial charge in [-0.3, -0.25) is 0 Å². The van der Waals surface area contributed by atoms with Crippen LogP contribution in [0.1, 0.15) is 36.5 Å². The van der Waals surface area contributed by atoms with Crippen LogP contribution in [-0.2, 0) is 4.74 Å². The molecule has 2 nitrogen and oxygen atoms in total. The van der Waals surface area contributed by atoms with Gasteiger partial charge in [-0.25, -0.2) is 4.79 Å². The molecule has 1 aliphatic rings. The zero-order valence-electron chi connectivity index (χ0n) is 14.1. The van der Waals surface area contributed by atoms with Crippen LogP contribution in [0.5, 0.6) is 0 Å². The van der Waals surface area contributed by atoms with Crippen LogP contribution in [0.15, 0.2) is 60.0 Å². The second-order valence-electron chi connectivity index (χ2n) is 6.32. The molecule has 3 heteroatoms. The summed E-state index contributed by atoms with van der Waals surface area (Å²) < 4.78 is 7.04. The summed E-state index contributed by atoms with van der Waals surface area (Å²) in [6.45, 7) is 1.79. The van der Waals surface area contributed by atoms with E-state index >= 15 is 0 Å². The van der Waals surface area contributed by atoms with Gasteiger partial charge in [-0.05, 0) is 62.6 Å². The third kappa shape index (κ3) is 2.94. The van der Waals surface area contributed by atoms with Crippen molar-refractivity contribution in [2.24, 2.45) is 0 Å². The summed E-state index contributed by atoms with van der Waals surface area (Å²) >= 11 is 0. The molecule has 1 aliphatic carbocycles. The fourth-order valence-corrected chi connectivity index (χ4v) is 5.08. The molecule has 0 radical (unpaired) electrons. The highest BCUT2D eigenvalue weighted by atomic mass is 32.2. The minimum atomic E-state index is -0.556. The molecule has 1 atom stereocenters. The molecule has 3 aromatic rings. The summed E-state index contributed by atoms with van der Waals surface area (Å²) in [6.07, 6.45) is 2.74. The SMILES string of the molecule is CC#CC1(OC(=O)c2ccc(-[s+]3ccc4ccccc43)cc2)CCC1. The summed E-state index contributed by atoms with van der Waals surface area (Å²) in [4.78, 5) is 13.7. The molecule has 0 bridgehead atoms. The highest BCUT2D eigenvalue weighted by Gasteiger charge is 2.39. The lowest BCUT2D eigenvalue weighted by atomic mass is 9.80. The van der Waals surface area contributed by atoms with Gasteiger partial charge in [0.15, 0.2) is 15.2 Å². The second kappa shape index (κ2) is 6.38. The van der Waals surface area contributed by atoms with Gasteiger partial charge >= 0.3 is 5.97 Å². The molecule has 4 rings (SSSR count). The van der Waals surface area contributed by atoms with E-state index in [4.69, 9.17) is 4.74 Å². The molecule has 2 aromatic carbocycles. The number of rotatable bonds is 3. The average Bonchev–Trinajstić information content (AvgIpc) is 3.04. The van der Waals surface area contributed by atoms with E-state index in [1.807, 2.05) is 24.3 Å². The third-order valence-corrected chi connectivity index (χ3v) is 6.72. The van der Waals surface area contributed by atoms with Crippen LogP contribution < -0.4 is 0 Å². The zero-order valence-corrected chi connectivity index (χ0v) is 14.9. The van der Waals surface area contributed by atoms with Crippen LogP contribution >= 0.6 is 10.5 Å². The minimum Gasteiger partial charge on any atom is -0.442 e. The zero-order chi connectivity index (χ0) is 17.3. The Bertz CT molecular complexity index is 982. The second-order valence-corrected chi connectivity index (χ2v) is 8.17. The first-order chi connectivity index (χ1) is 12.2. The fraction of sp³-hybridized carbons (Fsp3) is 0.227. The number of thiophene rings is 1. The first-order valence-electron chi connectivity index (χ1n) is 8.48. The number of carbonyl (C=O) groups is 1. The minimum absolute atomic E-state index is 0.0546. The molecule has 0 saturated heterocycles. The van der Waals surface area contributed by atoms with E-state index in [1.165, 1.54) is 15.0 Å². The van der Waals surface area contributed by atoms with E-state index in [0.717, 1.165) is 19.3 Å². The Balaban J connectivity index is 1.57. The number of hydrogen-bond acceptors (Lipinski definition) is 2. The molecule has 124 valence electrons. The average molecular weight is 347 g/mol. The Hall–Kier alpha value is -2.57. The van der Waals surface area contributed by atoms with Crippen molar-refractivity contribution in [2.75, 3.05) is 0 Å². The molecule has 0 aliphatic heterocycles. The standard InChI is InChI=1S/C22H19O2S/c1-2-13-22(14-5-15-22)24-21(23)18-8-10-19(11-9-18)25-16-12-17-6-3-4-7-20(17)25/h3-4,6-12,16H,5,14-15H2,1H3/q+1. The molecule has 1 aromatic heterocycles. The number of benzene rings is 2. The van der Waals surface area contributed by atoms with Crippen molar-refractivity contribution in [2.45, 2.75) is 31.8 Å². The van der Waals surface area contributed by atoms with E-state index in [2.05, 4.69) is 47.6 Å². The molecule has 1 unspecified atom stereocenters. The van der Waals surface area contributed by atoms with Gasteiger partial charge in [0.05, 0.1) is 5.56 Å². The molecular weight excluding hydrogens is 328 g/mol. The molecule has 1 fully saturated rings. The Kier molecular flexibility index (Phi) is 4.07. The van der Waals surface area contributed by atoms with E-state index in [0.29, 0.717) is 5.56 Å². The number of esters is 1. The van der Waals surface area contributed by atoms with Crippen molar-refractivity contribution in [1.82, 2.24) is 0 Å². The maximum atomic E-state index is 12.5. The van der Waals surface area contributed by atoms with Gasteiger partial charge in [-0.15, -0.1) is 5.92 Å². The lowest BCUT2D eigenvalue weighted by molar-refractivity contribution is -0.0258. The highest BCUT2D eigenvalue weighted by molar-refractivity contribution is 7.43. The van der Waals surface area contributed by atoms with Gasteiger partial charge in [-0.1, -0.05) is 18.1 Å². The van der Waals surface area contributed by atoms with Gasteiger partial charge < -0.3 is 4.74 Å². The fourth-order valence-electron chi connectivity index (χ4n) is 3.19. The summed E-state index contributed by atoms with van der Waals surface area (Å²) in [5.74, 6) is 5.67. The van der Waals surface area contributed by atoms with E-state index in [9.17, 15) is 4.79 Å². The maximum Gasteiger partial charge on any atom is 0.339 e. The monoisotopic (exact) mass is 347 g/mol. The first kappa shape index (κ1) is 15.9. The van der Waals surface area contributed by atoms with Gasteiger partial charge in [0, 0.05) is 21.9 Å². The van der Waals surface area contributed by atoms with Crippen LogP contribution in [0.4, 0.5) is 0 Å². The largest absolute Gasteiger partial charge is 0.442 e. The predicted octanol–water partition coefficient (Wildman–Crippen LogP) is 5.68. The summed E-state index contributed by atoms with van der Waals surface area (Å²) in [7, 11) is -0.0546. The van der Waals surface area contributed by atoms with E-state index in [1.54, 1.807) is 6.92 Å². The highest BCUT2D eigenvalue weighted by Crippen LogP contribution is 2.40. The van der Waals surface area contributed by atoms with Crippen LogP contribution in [-0.4, -0.2) is 11.6 Å². The van der Waals surface area contributed by atoms with Crippen LogP contribution in [0, 0.1) is 11.8 Å². The number of fused-ring (bicyclic) bond motifs is 1. The molecule has 0 spiro atoms. The Morgan fingerprint density at radius 3 is 2.52 bits per heavy atom. The van der Waals surface area contributed by atoms with Crippen molar-refractivity contribution in [1.29, 1.82) is 0 Å². The Morgan fingerprint density at radius 1 is 1.08 bits per heavy atom. The van der Waals surface area contributed by atoms with E-state index in [-0.39, 0.29) is 16.4 Å². The lowest BCUT2D eigenvalue weighted by Gasteiger charge is -2.36. The molecule has 25 heavy (non-hydrogen) atoms. The molecular formula is C22H19O2S+. The third-order valence-electron chi connectivity index (χ3n) is 4.69. The van der Waals surface area contributed by atoms with Crippen molar-refractivity contribution in [3.8, 4) is 16.7 Å². The van der Waals surface area contributed by atoms with Gasteiger partial charge in [-0.2, -0.15) is 0 Å². The summed E-state index contributed by atoms with van der Waals surface area (Å²) in [6, 6.07) is 18.4. The molecule has 1 heterocycles. The normalized spacial score (nSPS) is 15.8. The molecule has 0 N–H and O–H groups in total. The lowest BCUT2D eigenvalue weighted by Crippen LogP contribution is -2.40. The van der Waals surface area contributed by atoms with Crippen LogP contribution in [0.2, 0.25) is 0 Å².